The fourth-order valence-corrected chi connectivity index (χ4v) is 4.09. The van der Waals surface area contributed by atoms with Crippen molar-refractivity contribution >= 4 is 27.9 Å². The quantitative estimate of drug-likeness (QED) is 0.899. The van der Waals surface area contributed by atoms with Crippen LogP contribution in [0.1, 0.15) is 33.6 Å². The predicted molar refractivity (Wildman–Crippen MR) is 92.9 cm³/mol. The fourth-order valence-electron chi connectivity index (χ4n) is 2.93. The molecule has 0 atom stereocenters. The van der Waals surface area contributed by atoms with Gasteiger partial charge in [-0.25, -0.2) is 0 Å². The number of nitrogen functional groups attached to an aromatic ring is 1. The fraction of sp³-hybridized carbons (Fsp3) is 0.353. The van der Waals surface area contributed by atoms with Gasteiger partial charge in [0.05, 0.1) is 30.5 Å². The number of hydrogen-bond acceptors (Lipinski definition) is 5. The van der Waals surface area contributed by atoms with Crippen LogP contribution in [0.25, 0.3) is 0 Å². The summed E-state index contributed by atoms with van der Waals surface area (Å²) < 4.78 is 10.5. The summed E-state index contributed by atoms with van der Waals surface area (Å²) in [7, 11) is 3.15. The average molecular weight is 332 g/mol. The number of aryl methyl sites for hydroxylation is 1. The number of anilines is 2. The van der Waals surface area contributed by atoms with Crippen molar-refractivity contribution in [2.45, 2.75) is 25.7 Å². The first-order valence-corrected chi connectivity index (χ1v) is 8.39. The summed E-state index contributed by atoms with van der Waals surface area (Å²) in [6.45, 7) is 0. The smallest absolute Gasteiger partial charge is 0.259 e. The van der Waals surface area contributed by atoms with E-state index in [2.05, 4.69) is 5.32 Å². The van der Waals surface area contributed by atoms with E-state index in [0.717, 1.165) is 31.2 Å². The molecule has 1 aromatic heterocycles. The molecule has 0 saturated heterocycles. The molecule has 1 amide bonds. The summed E-state index contributed by atoms with van der Waals surface area (Å²) in [6, 6.07) is 5.29. The molecule has 0 radical (unpaired) electrons. The van der Waals surface area contributed by atoms with Crippen LogP contribution in [0.4, 0.5) is 10.7 Å². The van der Waals surface area contributed by atoms with E-state index in [4.69, 9.17) is 15.2 Å². The van der Waals surface area contributed by atoms with Crippen LogP contribution in [0.2, 0.25) is 0 Å². The van der Waals surface area contributed by atoms with Crippen molar-refractivity contribution in [1.29, 1.82) is 0 Å². The van der Waals surface area contributed by atoms with Gasteiger partial charge in [0, 0.05) is 10.9 Å². The third-order valence-corrected chi connectivity index (χ3v) is 5.20. The minimum absolute atomic E-state index is 0.187. The highest BCUT2D eigenvalue weighted by atomic mass is 32.1. The van der Waals surface area contributed by atoms with Gasteiger partial charge >= 0.3 is 0 Å². The normalized spacial score (nSPS) is 13.3. The monoisotopic (exact) mass is 332 g/mol. The second kappa shape index (κ2) is 6.50. The number of carbonyl (C=O) groups is 1. The van der Waals surface area contributed by atoms with Crippen LogP contribution < -0.4 is 20.5 Å². The second-order valence-corrected chi connectivity index (χ2v) is 6.61. The van der Waals surface area contributed by atoms with Gasteiger partial charge in [-0.05, 0) is 43.4 Å². The number of nitrogens with one attached hydrogen (secondary N) is 1. The molecule has 1 aliphatic carbocycles. The summed E-state index contributed by atoms with van der Waals surface area (Å²) in [5, 5.41) is 3.51. The van der Waals surface area contributed by atoms with Crippen molar-refractivity contribution in [3.63, 3.8) is 0 Å². The lowest BCUT2D eigenvalue weighted by Crippen LogP contribution is -2.16. The lowest BCUT2D eigenvalue weighted by atomic mass is 9.95. The van der Waals surface area contributed by atoms with Crippen LogP contribution in [-0.4, -0.2) is 20.1 Å². The molecule has 0 unspecified atom stereocenters. The zero-order valence-electron chi connectivity index (χ0n) is 13.3. The van der Waals surface area contributed by atoms with Crippen molar-refractivity contribution in [3.8, 4) is 11.5 Å². The Labute approximate surface area is 139 Å². The molecule has 2 aromatic rings. The lowest BCUT2D eigenvalue weighted by molar-refractivity contribution is 0.102. The van der Waals surface area contributed by atoms with Crippen LogP contribution in [-0.2, 0) is 12.8 Å². The number of rotatable bonds is 4. The molecule has 0 bridgehead atoms. The molecular weight excluding hydrogens is 312 g/mol. The Morgan fingerprint density at radius 3 is 2.74 bits per heavy atom. The topological polar surface area (TPSA) is 73.6 Å². The number of ether oxygens (including phenoxy) is 2. The maximum absolute atomic E-state index is 12.8. The highest BCUT2D eigenvalue weighted by Crippen LogP contribution is 2.37. The van der Waals surface area contributed by atoms with Gasteiger partial charge in [-0.1, -0.05) is 0 Å². The van der Waals surface area contributed by atoms with E-state index < -0.39 is 0 Å². The van der Waals surface area contributed by atoms with E-state index >= 15 is 0 Å². The van der Waals surface area contributed by atoms with E-state index in [1.54, 1.807) is 32.4 Å². The lowest BCUT2D eigenvalue weighted by Gasteiger charge is -2.14. The Bertz CT molecular complexity index is 740. The van der Waals surface area contributed by atoms with E-state index in [1.807, 2.05) is 0 Å². The van der Waals surface area contributed by atoms with Gasteiger partial charge in [0.1, 0.15) is 11.5 Å². The van der Waals surface area contributed by atoms with E-state index in [1.165, 1.54) is 16.2 Å². The van der Waals surface area contributed by atoms with Crippen molar-refractivity contribution in [3.05, 3.63) is 34.2 Å². The van der Waals surface area contributed by atoms with Crippen LogP contribution >= 0.6 is 11.3 Å². The molecule has 5 nitrogen and oxygen atoms in total. The highest BCUT2D eigenvalue weighted by molar-refractivity contribution is 7.16. The third kappa shape index (κ3) is 2.99. The van der Waals surface area contributed by atoms with Gasteiger partial charge in [-0.3, -0.25) is 4.79 Å². The molecule has 0 aliphatic heterocycles. The van der Waals surface area contributed by atoms with Gasteiger partial charge in [0.25, 0.3) is 5.91 Å². The summed E-state index contributed by atoms with van der Waals surface area (Å²) in [5.74, 6) is 1.05. The first-order valence-electron chi connectivity index (χ1n) is 7.57. The largest absolute Gasteiger partial charge is 0.497 e. The minimum Gasteiger partial charge on any atom is -0.497 e. The van der Waals surface area contributed by atoms with E-state index in [-0.39, 0.29) is 5.91 Å². The van der Waals surface area contributed by atoms with Crippen LogP contribution in [0.5, 0.6) is 11.5 Å². The number of benzene rings is 1. The number of carbonyl (C=O) groups excluding carboxylic acids is 1. The minimum atomic E-state index is -0.187. The molecule has 122 valence electrons. The number of nitrogens with two attached hydrogens (primary N) is 1. The average Bonchev–Trinajstić information content (AvgIpc) is 2.90. The molecule has 23 heavy (non-hydrogen) atoms. The summed E-state index contributed by atoms with van der Waals surface area (Å²) in [5.41, 5.74) is 8.41. The van der Waals surface area contributed by atoms with Gasteiger partial charge in [-0.2, -0.15) is 0 Å². The molecule has 6 heteroatoms. The molecule has 0 fully saturated rings. The number of thiophene rings is 1. The summed E-state index contributed by atoms with van der Waals surface area (Å²) in [4.78, 5) is 14.0. The number of amides is 1. The van der Waals surface area contributed by atoms with Crippen LogP contribution in [0, 0.1) is 0 Å². The maximum Gasteiger partial charge on any atom is 0.259 e. The molecule has 3 N–H and O–H groups in total. The number of methoxy groups -OCH3 is 2. The van der Waals surface area contributed by atoms with Crippen molar-refractivity contribution < 1.29 is 14.3 Å². The number of hydrogen-bond donors (Lipinski definition) is 2. The zero-order chi connectivity index (χ0) is 16.4. The van der Waals surface area contributed by atoms with Crippen molar-refractivity contribution in [2.75, 3.05) is 25.3 Å². The van der Waals surface area contributed by atoms with E-state index in [0.29, 0.717) is 27.8 Å². The van der Waals surface area contributed by atoms with Gasteiger partial charge in [0.15, 0.2) is 0 Å². The van der Waals surface area contributed by atoms with Crippen molar-refractivity contribution in [2.24, 2.45) is 0 Å². The molecule has 1 heterocycles. The van der Waals surface area contributed by atoms with Crippen LogP contribution in [0.3, 0.4) is 0 Å². The van der Waals surface area contributed by atoms with Crippen LogP contribution in [0.15, 0.2) is 18.2 Å². The van der Waals surface area contributed by atoms with E-state index in [9.17, 15) is 4.79 Å². The van der Waals surface area contributed by atoms with Gasteiger partial charge < -0.3 is 20.5 Å². The molecule has 1 aromatic carbocycles. The molecule has 0 spiro atoms. The molecular formula is C17H20N2O3S. The molecule has 1 aliphatic rings. The van der Waals surface area contributed by atoms with Gasteiger partial charge in [0.2, 0.25) is 0 Å². The summed E-state index contributed by atoms with van der Waals surface area (Å²) >= 11 is 1.53. The molecule has 3 rings (SSSR count). The zero-order valence-corrected chi connectivity index (χ0v) is 14.1. The maximum atomic E-state index is 12.8. The standard InChI is InChI=1S/C17H20N2O3S/c1-21-10-7-8-13(22-2)12(9-10)19-17(20)15-11-5-3-4-6-14(11)23-16(15)18/h7-9H,3-6,18H2,1-2H3,(H,19,20). The first-order chi connectivity index (χ1) is 11.1. The molecule has 0 saturated carbocycles. The van der Waals surface area contributed by atoms with Gasteiger partial charge in [-0.15, -0.1) is 11.3 Å². The first kappa shape index (κ1) is 15.7. The Balaban J connectivity index is 1.92. The van der Waals surface area contributed by atoms with Crippen molar-refractivity contribution in [1.82, 2.24) is 0 Å². The second-order valence-electron chi connectivity index (χ2n) is 5.47. The Hall–Kier alpha value is -2.21. The predicted octanol–water partition coefficient (Wildman–Crippen LogP) is 3.48. The Morgan fingerprint density at radius 1 is 1.22 bits per heavy atom. The Morgan fingerprint density at radius 2 is 2.00 bits per heavy atom. The third-order valence-electron chi connectivity index (χ3n) is 4.08. The Kier molecular flexibility index (Phi) is 4.43. The number of fused-ring (bicyclic) bond motifs is 1. The summed E-state index contributed by atoms with van der Waals surface area (Å²) in [6.07, 6.45) is 4.20. The highest BCUT2D eigenvalue weighted by Gasteiger charge is 2.24. The SMILES string of the molecule is COc1ccc(OC)c(NC(=O)c2c(N)sc3c2CCCC3)c1.